The maximum Gasteiger partial charge on any atom is 0.129 e. The van der Waals surface area contributed by atoms with Crippen LogP contribution in [0.3, 0.4) is 0 Å². The normalized spacial score (nSPS) is 13.4. The van der Waals surface area contributed by atoms with Crippen molar-refractivity contribution in [2.45, 2.75) is 19.8 Å². The van der Waals surface area contributed by atoms with Gasteiger partial charge in [-0.15, -0.1) is 0 Å². The second-order valence-electron chi connectivity index (χ2n) is 6.86. The summed E-state index contributed by atoms with van der Waals surface area (Å²) in [7, 11) is 1.67. The summed E-state index contributed by atoms with van der Waals surface area (Å²) in [6, 6.07) is 14.0. The molecule has 6 heteroatoms. The molecular formula is C24H25N5O. The van der Waals surface area contributed by atoms with Gasteiger partial charge < -0.3 is 9.64 Å². The first-order valence-corrected chi connectivity index (χ1v) is 10.2. The molecule has 4 heterocycles. The van der Waals surface area contributed by atoms with Crippen LogP contribution in [0.15, 0.2) is 67.3 Å². The van der Waals surface area contributed by atoms with E-state index in [0.29, 0.717) is 5.92 Å². The Morgan fingerprint density at radius 1 is 0.967 bits per heavy atom. The fourth-order valence-corrected chi connectivity index (χ4v) is 3.61. The van der Waals surface area contributed by atoms with Crippen molar-refractivity contribution in [2.75, 3.05) is 25.1 Å². The maximum absolute atomic E-state index is 5.36. The number of hydrogen-bond acceptors (Lipinski definition) is 6. The molecule has 6 nitrogen and oxygen atoms in total. The molecule has 0 N–H and O–H groups in total. The number of ether oxygens (including phenoxy) is 1. The summed E-state index contributed by atoms with van der Waals surface area (Å²) in [5.74, 6) is 2.13. The molecule has 1 aliphatic heterocycles. The average Bonchev–Trinajstić information content (AvgIpc) is 2.80. The summed E-state index contributed by atoms with van der Waals surface area (Å²) in [6.45, 7) is 5.75. The smallest absolute Gasteiger partial charge is 0.129 e. The molecule has 0 atom stereocenters. The van der Waals surface area contributed by atoms with Crippen molar-refractivity contribution in [1.29, 1.82) is 0 Å². The van der Waals surface area contributed by atoms with E-state index in [4.69, 9.17) is 9.72 Å². The van der Waals surface area contributed by atoms with E-state index >= 15 is 0 Å². The van der Waals surface area contributed by atoms with Gasteiger partial charge in [-0.3, -0.25) is 15.0 Å². The largest absolute Gasteiger partial charge is 0.497 e. The fraction of sp³-hybridized carbons (Fsp3) is 0.250. The van der Waals surface area contributed by atoms with Crippen LogP contribution in [-0.4, -0.2) is 40.1 Å². The zero-order chi connectivity index (χ0) is 20.9. The molecule has 0 saturated carbocycles. The Hall–Kier alpha value is -3.54. The summed E-state index contributed by atoms with van der Waals surface area (Å²) in [5.41, 5.74) is 3.94. The van der Waals surface area contributed by atoms with Crippen molar-refractivity contribution in [3.8, 4) is 17.0 Å². The molecule has 1 aromatic carbocycles. The lowest BCUT2D eigenvalue weighted by Gasteiger charge is -2.40. The van der Waals surface area contributed by atoms with Crippen molar-refractivity contribution in [2.24, 2.45) is 0 Å². The van der Waals surface area contributed by atoms with Gasteiger partial charge in [-0.25, -0.2) is 4.98 Å². The van der Waals surface area contributed by atoms with Gasteiger partial charge in [-0.1, -0.05) is 26.0 Å². The van der Waals surface area contributed by atoms with Gasteiger partial charge in [0.05, 0.1) is 24.0 Å². The number of hydrogen-bond donors (Lipinski definition) is 0. The molecule has 30 heavy (non-hydrogen) atoms. The molecule has 5 rings (SSSR count). The van der Waals surface area contributed by atoms with Gasteiger partial charge in [0, 0.05) is 54.7 Å². The van der Waals surface area contributed by atoms with E-state index in [9.17, 15) is 0 Å². The number of rotatable bonds is 4. The van der Waals surface area contributed by atoms with Crippen molar-refractivity contribution in [3.05, 3.63) is 72.9 Å². The number of benzene rings is 1. The van der Waals surface area contributed by atoms with E-state index in [1.807, 2.05) is 50.4 Å². The highest BCUT2D eigenvalue weighted by Crippen LogP contribution is 2.35. The predicted octanol–water partition coefficient (Wildman–Crippen LogP) is 4.73. The Labute approximate surface area is 176 Å². The number of pyridine rings is 2. The zero-order valence-electron chi connectivity index (χ0n) is 17.5. The molecule has 0 spiro atoms. The molecule has 0 bridgehead atoms. The third-order valence-electron chi connectivity index (χ3n) is 5.14. The quantitative estimate of drug-likeness (QED) is 0.494. The second kappa shape index (κ2) is 8.86. The van der Waals surface area contributed by atoms with Gasteiger partial charge in [-0.05, 0) is 30.3 Å². The summed E-state index contributed by atoms with van der Waals surface area (Å²) in [4.78, 5) is 20.4. The average molecular weight is 399 g/mol. The standard InChI is InChI=1S/C22H19N5O.C2H6/c1-28-18-4-2-3-15(11-18)21-22(25-10-9-24-21)17-13-27(14-17)20-6-5-16-12-23-8-7-19(16)26-20;1-2/h2-12,17H,13-14H2,1H3;1-2H3. The molecule has 0 unspecified atom stereocenters. The summed E-state index contributed by atoms with van der Waals surface area (Å²) in [6.07, 6.45) is 7.12. The van der Waals surface area contributed by atoms with Crippen LogP contribution >= 0.6 is 0 Å². The van der Waals surface area contributed by atoms with Crippen LogP contribution in [-0.2, 0) is 0 Å². The monoisotopic (exact) mass is 399 g/mol. The van der Waals surface area contributed by atoms with Gasteiger partial charge >= 0.3 is 0 Å². The summed E-state index contributed by atoms with van der Waals surface area (Å²) >= 11 is 0. The minimum atomic E-state index is 0.324. The molecule has 1 aliphatic rings. The van der Waals surface area contributed by atoms with E-state index in [1.54, 1.807) is 25.7 Å². The van der Waals surface area contributed by atoms with Gasteiger partial charge in [0.1, 0.15) is 11.6 Å². The lowest BCUT2D eigenvalue weighted by molar-refractivity contribution is 0.415. The predicted molar refractivity (Wildman–Crippen MR) is 120 cm³/mol. The van der Waals surface area contributed by atoms with E-state index in [-0.39, 0.29) is 0 Å². The first kappa shape index (κ1) is 19.8. The van der Waals surface area contributed by atoms with Gasteiger partial charge in [0.25, 0.3) is 0 Å². The maximum atomic E-state index is 5.36. The van der Waals surface area contributed by atoms with Crippen LogP contribution < -0.4 is 9.64 Å². The van der Waals surface area contributed by atoms with Crippen LogP contribution in [0.25, 0.3) is 22.2 Å². The van der Waals surface area contributed by atoms with Crippen LogP contribution in [0, 0.1) is 0 Å². The number of aromatic nitrogens is 4. The molecule has 152 valence electrons. The van der Waals surface area contributed by atoms with Crippen LogP contribution in [0.4, 0.5) is 5.82 Å². The van der Waals surface area contributed by atoms with Crippen LogP contribution in [0.1, 0.15) is 25.5 Å². The first-order chi connectivity index (χ1) is 14.8. The minimum Gasteiger partial charge on any atom is -0.497 e. The SMILES string of the molecule is CC.COc1cccc(-c2nccnc2C2CN(c3ccc4cnccc4n3)C2)c1. The highest BCUT2D eigenvalue weighted by atomic mass is 16.5. The van der Waals surface area contributed by atoms with Gasteiger partial charge in [-0.2, -0.15) is 0 Å². The molecule has 1 saturated heterocycles. The van der Waals surface area contributed by atoms with Crippen LogP contribution in [0.2, 0.25) is 0 Å². The number of anilines is 1. The van der Waals surface area contributed by atoms with Crippen molar-refractivity contribution < 1.29 is 4.74 Å². The van der Waals surface area contributed by atoms with Gasteiger partial charge in [0.15, 0.2) is 0 Å². The number of nitrogens with zero attached hydrogens (tertiary/aromatic N) is 5. The highest BCUT2D eigenvalue weighted by Gasteiger charge is 2.32. The zero-order valence-corrected chi connectivity index (χ0v) is 17.5. The van der Waals surface area contributed by atoms with Gasteiger partial charge in [0.2, 0.25) is 0 Å². The molecule has 0 amide bonds. The Kier molecular flexibility index (Phi) is 5.84. The molecule has 4 aromatic rings. The lowest BCUT2D eigenvalue weighted by atomic mass is 9.92. The second-order valence-corrected chi connectivity index (χ2v) is 6.86. The van der Waals surface area contributed by atoms with E-state index in [1.165, 1.54) is 0 Å². The third kappa shape index (κ3) is 3.81. The number of fused-ring (bicyclic) bond motifs is 1. The fourth-order valence-electron chi connectivity index (χ4n) is 3.61. The molecule has 1 fully saturated rings. The molecule has 3 aromatic heterocycles. The van der Waals surface area contributed by atoms with Crippen LogP contribution in [0.5, 0.6) is 5.75 Å². The van der Waals surface area contributed by atoms with E-state index < -0.39 is 0 Å². The van der Waals surface area contributed by atoms with E-state index in [2.05, 4.69) is 32.0 Å². The Bertz CT molecular complexity index is 1140. The van der Waals surface area contributed by atoms with Crippen molar-refractivity contribution >= 4 is 16.7 Å². The first-order valence-electron chi connectivity index (χ1n) is 10.2. The Morgan fingerprint density at radius 2 is 1.80 bits per heavy atom. The van der Waals surface area contributed by atoms with Crippen molar-refractivity contribution in [3.63, 3.8) is 0 Å². The van der Waals surface area contributed by atoms with E-state index in [0.717, 1.165) is 52.5 Å². The highest BCUT2D eigenvalue weighted by molar-refractivity contribution is 5.79. The molecular weight excluding hydrogens is 374 g/mol. The Balaban J connectivity index is 0.00000106. The topological polar surface area (TPSA) is 64.0 Å². The Morgan fingerprint density at radius 3 is 2.63 bits per heavy atom. The molecule has 0 radical (unpaired) electrons. The summed E-state index contributed by atoms with van der Waals surface area (Å²) < 4.78 is 5.36. The molecule has 0 aliphatic carbocycles. The van der Waals surface area contributed by atoms with Crippen molar-refractivity contribution in [1.82, 2.24) is 19.9 Å². The summed E-state index contributed by atoms with van der Waals surface area (Å²) in [5, 5.41) is 1.05. The number of methoxy groups -OCH3 is 1. The minimum absolute atomic E-state index is 0.324. The lowest BCUT2D eigenvalue weighted by Crippen LogP contribution is -2.46. The third-order valence-corrected chi connectivity index (χ3v) is 5.14.